The van der Waals surface area contributed by atoms with Crippen LogP contribution < -0.4 is 20.7 Å². The van der Waals surface area contributed by atoms with Crippen molar-refractivity contribution in [1.29, 1.82) is 0 Å². The molecule has 0 heterocycles. The van der Waals surface area contributed by atoms with Crippen LogP contribution in [-0.2, 0) is 35.4 Å². The van der Waals surface area contributed by atoms with Crippen LogP contribution in [0.15, 0.2) is 53.4 Å². The lowest BCUT2D eigenvalue weighted by molar-refractivity contribution is -0.100. The first kappa shape index (κ1) is 49.2. The number of ether oxygens (including phenoxy) is 5. The summed E-state index contributed by atoms with van der Waals surface area (Å²) in [6, 6.07) is 14.6. The standard InChI is InChI=1S/C40H70N4O9SSi2/c1-13-41-38(45)42-35-26-33(19-20-36(35)51-29-49-21-23-55(7,8)9)54(47,48)44(27-31(2)3)28-37(52-30-50-22-24-56(10,11)12)34(25-32-17-15-14-16-18-32)43-39(46)53-40(4,5)6/h14-20,26,31,34,37H,13,21-25,27-30H2,1-12H3,(H,43,46)(H2,41,42,45)/t34-,37+/m0/s1. The molecule has 0 aliphatic rings. The van der Waals surface area contributed by atoms with Gasteiger partial charge in [0, 0.05) is 49.0 Å². The molecule has 56 heavy (non-hydrogen) atoms. The van der Waals surface area contributed by atoms with E-state index in [1.807, 2.05) is 44.2 Å². The summed E-state index contributed by atoms with van der Waals surface area (Å²) in [4.78, 5) is 25.9. The normalized spacial score (nSPS) is 13.7. The maximum absolute atomic E-state index is 14.7. The van der Waals surface area contributed by atoms with E-state index in [1.165, 1.54) is 22.5 Å². The Morgan fingerprint density at radius 2 is 1.46 bits per heavy atom. The van der Waals surface area contributed by atoms with E-state index in [0.717, 1.165) is 17.7 Å². The summed E-state index contributed by atoms with van der Waals surface area (Å²) in [5, 5.41) is 8.41. The van der Waals surface area contributed by atoms with Gasteiger partial charge in [-0.3, -0.25) is 0 Å². The Morgan fingerprint density at radius 3 is 2.02 bits per heavy atom. The Kier molecular flexibility index (Phi) is 20.0. The third kappa shape index (κ3) is 19.9. The van der Waals surface area contributed by atoms with E-state index >= 15 is 0 Å². The van der Waals surface area contributed by atoms with Gasteiger partial charge in [0.25, 0.3) is 0 Å². The van der Waals surface area contributed by atoms with Crippen molar-refractivity contribution in [1.82, 2.24) is 14.9 Å². The van der Waals surface area contributed by atoms with E-state index in [0.29, 0.717) is 26.2 Å². The van der Waals surface area contributed by atoms with Gasteiger partial charge in [-0.1, -0.05) is 83.5 Å². The van der Waals surface area contributed by atoms with Crippen molar-refractivity contribution in [2.45, 2.75) is 122 Å². The van der Waals surface area contributed by atoms with Crippen LogP contribution in [0.4, 0.5) is 15.3 Å². The number of amides is 3. The van der Waals surface area contributed by atoms with Crippen molar-refractivity contribution in [3.05, 3.63) is 54.1 Å². The fraction of sp³-hybridized carbons (Fsp3) is 0.650. The quantitative estimate of drug-likeness (QED) is 0.0542. The van der Waals surface area contributed by atoms with Gasteiger partial charge >= 0.3 is 12.1 Å². The number of nitrogens with one attached hydrogen (secondary N) is 3. The number of anilines is 1. The third-order valence-electron chi connectivity index (χ3n) is 8.23. The first-order chi connectivity index (χ1) is 26.0. The van der Waals surface area contributed by atoms with E-state index < -0.39 is 56.0 Å². The minimum Gasteiger partial charge on any atom is -0.465 e. The lowest BCUT2D eigenvalue weighted by Crippen LogP contribution is -2.53. The molecule has 0 saturated carbocycles. The second-order valence-electron chi connectivity index (χ2n) is 17.8. The van der Waals surface area contributed by atoms with Gasteiger partial charge in [0.05, 0.1) is 22.7 Å². The first-order valence-corrected chi connectivity index (χ1v) is 28.5. The summed E-state index contributed by atoms with van der Waals surface area (Å²) in [7, 11) is -6.92. The maximum atomic E-state index is 14.7. The minimum atomic E-state index is -4.22. The Hall–Kier alpha value is -3.00. The first-order valence-electron chi connectivity index (χ1n) is 19.6. The molecule has 3 amide bonds. The third-order valence-corrected chi connectivity index (χ3v) is 13.5. The van der Waals surface area contributed by atoms with Gasteiger partial charge in [-0.25, -0.2) is 18.0 Å². The van der Waals surface area contributed by atoms with Crippen LogP contribution in [0.5, 0.6) is 5.75 Å². The van der Waals surface area contributed by atoms with Crippen molar-refractivity contribution in [2.75, 3.05) is 51.8 Å². The molecule has 16 heteroatoms. The summed E-state index contributed by atoms with van der Waals surface area (Å²) in [6.45, 7) is 25.8. The van der Waals surface area contributed by atoms with Crippen molar-refractivity contribution in [3.63, 3.8) is 0 Å². The van der Waals surface area contributed by atoms with Crippen LogP contribution in [0.2, 0.25) is 51.4 Å². The summed E-state index contributed by atoms with van der Waals surface area (Å²) in [6.07, 6.45) is -1.17. The average molecular weight is 839 g/mol. The van der Waals surface area contributed by atoms with Gasteiger partial charge in [0.15, 0.2) is 6.79 Å². The predicted molar refractivity (Wildman–Crippen MR) is 229 cm³/mol. The van der Waals surface area contributed by atoms with Crippen molar-refractivity contribution in [3.8, 4) is 5.75 Å². The monoisotopic (exact) mass is 838 g/mol. The maximum Gasteiger partial charge on any atom is 0.407 e. The van der Waals surface area contributed by atoms with E-state index in [2.05, 4.69) is 55.2 Å². The number of carbonyl (C=O) groups is 2. The summed E-state index contributed by atoms with van der Waals surface area (Å²) >= 11 is 0. The SMILES string of the molecule is CCNC(=O)Nc1cc(S(=O)(=O)N(CC(C)C)C[C@@H](OCOCC[Si](C)(C)C)[C@H](Cc2ccccc2)NC(=O)OC(C)(C)C)ccc1OCOCC[Si](C)(C)C. The van der Waals surface area contributed by atoms with E-state index in [1.54, 1.807) is 27.7 Å². The van der Waals surface area contributed by atoms with E-state index in [9.17, 15) is 18.0 Å². The molecule has 318 valence electrons. The average Bonchev–Trinajstić information content (AvgIpc) is 3.05. The number of sulfonamides is 1. The van der Waals surface area contributed by atoms with Gasteiger partial charge < -0.3 is 39.6 Å². The van der Waals surface area contributed by atoms with Gasteiger partial charge in [0.1, 0.15) is 18.1 Å². The second kappa shape index (κ2) is 22.8. The number of nitrogens with zero attached hydrogens (tertiary/aromatic N) is 1. The number of hydrogen-bond donors (Lipinski definition) is 3. The zero-order valence-corrected chi connectivity index (χ0v) is 38.8. The van der Waals surface area contributed by atoms with E-state index in [-0.39, 0.29) is 48.9 Å². The highest BCUT2D eigenvalue weighted by molar-refractivity contribution is 7.89. The lowest BCUT2D eigenvalue weighted by atomic mass is 10.0. The molecule has 0 aromatic heterocycles. The summed E-state index contributed by atoms with van der Waals surface area (Å²) < 4.78 is 60.3. The molecule has 0 spiro atoms. The van der Waals surface area contributed by atoms with Crippen LogP contribution in [-0.4, -0.2) is 105 Å². The van der Waals surface area contributed by atoms with Crippen LogP contribution in [0.1, 0.15) is 47.1 Å². The Bertz CT molecular complexity index is 1600. The van der Waals surface area contributed by atoms with Crippen molar-refractivity contribution in [2.24, 2.45) is 5.92 Å². The number of benzene rings is 2. The highest BCUT2D eigenvalue weighted by Gasteiger charge is 2.34. The Balaban J connectivity index is 2.56. The molecule has 2 aromatic carbocycles. The highest BCUT2D eigenvalue weighted by atomic mass is 32.2. The topological polar surface area (TPSA) is 154 Å². The fourth-order valence-electron chi connectivity index (χ4n) is 5.26. The highest BCUT2D eigenvalue weighted by Crippen LogP contribution is 2.30. The molecule has 0 radical (unpaired) electrons. The Morgan fingerprint density at radius 1 is 0.857 bits per heavy atom. The minimum absolute atomic E-state index is 0.0539. The Labute approximate surface area is 339 Å². The molecule has 3 N–H and O–H groups in total. The molecule has 0 unspecified atom stereocenters. The van der Waals surface area contributed by atoms with Gasteiger partial charge in [-0.2, -0.15) is 4.31 Å². The molecule has 0 aliphatic heterocycles. The molecule has 0 aliphatic carbocycles. The van der Waals surface area contributed by atoms with Gasteiger partial charge in [-0.05, 0) is 75.9 Å². The molecular formula is C40H70N4O9SSi2. The fourth-order valence-corrected chi connectivity index (χ4v) is 8.42. The molecular weight excluding hydrogens is 769 g/mol. The number of urea groups is 1. The zero-order chi connectivity index (χ0) is 42.2. The smallest absolute Gasteiger partial charge is 0.407 e. The number of rotatable bonds is 24. The number of hydrogen-bond acceptors (Lipinski definition) is 9. The molecule has 13 nitrogen and oxygen atoms in total. The molecule has 0 saturated heterocycles. The van der Waals surface area contributed by atoms with Crippen molar-refractivity contribution >= 4 is 44.0 Å². The van der Waals surface area contributed by atoms with Crippen molar-refractivity contribution < 1.29 is 41.7 Å². The van der Waals surface area contributed by atoms with Crippen LogP contribution in [0.25, 0.3) is 0 Å². The zero-order valence-electron chi connectivity index (χ0n) is 36.0. The molecule has 2 rings (SSSR count). The lowest BCUT2D eigenvalue weighted by Gasteiger charge is -2.34. The summed E-state index contributed by atoms with van der Waals surface area (Å²) in [5.41, 5.74) is 0.328. The van der Waals surface area contributed by atoms with E-state index in [4.69, 9.17) is 23.7 Å². The van der Waals surface area contributed by atoms with Crippen LogP contribution >= 0.6 is 0 Å². The summed E-state index contributed by atoms with van der Waals surface area (Å²) in [5.74, 6) is 0.188. The largest absolute Gasteiger partial charge is 0.465 e. The second-order valence-corrected chi connectivity index (χ2v) is 31.0. The van der Waals surface area contributed by atoms with Crippen LogP contribution in [0, 0.1) is 5.92 Å². The van der Waals surface area contributed by atoms with Gasteiger partial charge in [0.2, 0.25) is 10.0 Å². The predicted octanol–water partition coefficient (Wildman–Crippen LogP) is 8.00. The molecule has 2 aromatic rings. The number of alkyl carbamates (subject to hydrolysis) is 1. The molecule has 0 fully saturated rings. The van der Waals surface area contributed by atoms with Crippen LogP contribution in [0.3, 0.4) is 0 Å². The molecule has 0 bridgehead atoms. The molecule has 2 atom stereocenters. The number of carbonyl (C=O) groups excluding carboxylic acids is 2. The van der Waals surface area contributed by atoms with Gasteiger partial charge in [-0.15, -0.1) is 0 Å².